The van der Waals surface area contributed by atoms with Gasteiger partial charge in [0.1, 0.15) is 19.0 Å². The number of para-hydroxylation sites is 1. The lowest BCUT2D eigenvalue weighted by atomic mass is 10.2. The van der Waals surface area contributed by atoms with Gasteiger partial charge in [0.05, 0.1) is 17.6 Å². The minimum absolute atomic E-state index is 0.0688. The fourth-order valence-corrected chi connectivity index (χ4v) is 1.85. The summed E-state index contributed by atoms with van der Waals surface area (Å²) in [5.74, 6) is 0.109. The number of hydrogen-bond acceptors (Lipinski definition) is 6. The normalized spacial score (nSPS) is 9.96. The number of nitro groups is 1. The van der Waals surface area contributed by atoms with Gasteiger partial charge in [-0.2, -0.15) is 0 Å². The van der Waals surface area contributed by atoms with Crippen LogP contribution in [0.25, 0.3) is 0 Å². The Balaban J connectivity index is 1.99. The summed E-state index contributed by atoms with van der Waals surface area (Å²) in [6, 6.07) is 13.0. The van der Waals surface area contributed by atoms with Crippen LogP contribution in [-0.4, -0.2) is 31.2 Å². The highest BCUT2D eigenvalue weighted by atomic mass is 16.6. The summed E-state index contributed by atoms with van der Waals surface area (Å²) in [6.07, 6.45) is 0. The number of rotatable bonds is 7. The zero-order chi connectivity index (χ0) is 16.7. The van der Waals surface area contributed by atoms with Gasteiger partial charge in [-0.1, -0.05) is 18.2 Å². The van der Waals surface area contributed by atoms with E-state index in [2.05, 4.69) is 4.74 Å². The van der Waals surface area contributed by atoms with Gasteiger partial charge in [-0.15, -0.1) is 0 Å². The molecule has 0 amide bonds. The first-order chi connectivity index (χ1) is 11.1. The SMILES string of the molecule is COC(=O)c1ccc(OCCOc2ccccc2)c([N+](=O)[O-])c1. The lowest BCUT2D eigenvalue weighted by molar-refractivity contribution is -0.385. The molecular formula is C16H15NO6. The highest BCUT2D eigenvalue weighted by Gasteiger charge is 2.19. The van der Waals surface area contributed by atoms with E-state index in [4.69, 9.17) is 9.47 Å². The summed E-state index contributed by atoms with van der Waals surface area (Å²) in [5.41, 5.74) is -0.209. The predicted octanol–water partition coefficient (Wildman–Crippen LogP) is 2.84. The van der Waals surface area contributed by atoms with Crippen LogP contribution < -0.4 is 9.47 Å². The molecule has 0 saturated heterocycles. The molecule has 7 nitrogen and oxygen atoms in total. The van der Waals surface area contributed by atoms with E-state index in [1.165, 1.54) is 19.2 Å². The molecule has 2 aromatic carbocycles. The Hall–Kier alpha value is -3.09. The molecule has 0 fully saturated rings. The van der Waals surface area contributed by atoms with Gasteiger partial charge in [0.15, 0.2) is 5.75 Å². The molecular weight excluding hydrogens is 302 g/mol. The van der Waals surface area contributed by atoms with Crippen molar-refractivity contribution >= 4 is 11.7 Å². The van der Waals surface area contributed by atoms with Crippen molar-refractivity contribution in [2.24, 2.45) is 0 Å². The molecule has 0 saturated carbocycles. The lowest BCUT2D eigenvalue weighted by Crippen LogP contribution is -2.10. The van der Waals surface area contributed by atoms with Crippen molar-refractivity contribution in [1.29, 1.82) is 0 Å². The molecule has 2 rings (SSSR count). The van der Waals surface area contributed by atoms with Crippen LogP contribution >= 0.6 is 0 Å². The van der Waals surface area contributed by atoms with Crippen LogP contribution in [0.5, 0.6) is 11.5 Å². The smallest absolute Gasteiger partial charge is 0.338 e. The second kappa shape index (κ2) is 7.79. The van der Waals surface area contributed by atoms with Crippen LogP contribution in [0.3, 0.4) is 0 Å². The molecule has 23 heavy (non-hydrogen) atoms. The third-order valence-corrected chi connectivity index (χ3v) is 2.93. The first kappa shape index (κ1) is 16.3. The summed E-state index contributed by atoms with van der Waals surface area (Å²) in [6.45, 7) is 0.368. The quantitative estimate of drug-likeness (QED) is 0.338. The van der Waals surface area contributed by atoms with Crippen LogP contribution in [0.4, 0.5) is 5.69 Å². The Kier molecular flexibility index (Phi) is 5.51. The summed E-state index contributed by atoms with van der Waals surface area (Å²) < 4.78 is 15.3. The molecule has 0 aliphatic rings. The van der Waals surface area contributed by atoms with Crippen LogP contribution in [0.1, 0.15) is 10.4 Å². The molecule has 120 valence electrons. The van der Waals surface area contributed by atoms with E-state index in [0.29, 0.717) is 5.75 Å². The highest BCUT2D eigenvalue weighted by Crippen LogP contribution is 2.28. The van der Waals surface area contributed by atoms with Crippen molar-refractivity contribution in [3.63, 3.8) is 0 Å². The van der Waals surface area contributed by atoms with E-state index in [1.807, 2.05) is 18.2 Å². The van der Waals surface area contributed by atoms with E-state index in [-0.39, 0.29) is 30.2 Å². The maximum absolute atomic E-state index is 11.4. The van der Waals surface area contributed by atoms with Gasteiger partial charge in [0, 0.05) is 6.07 Å². The minimum Gasteiger partial charge on any atom is -0.490 e. The van der Waals surface area contributed by atoms with Gasteiger partial charge in [0.25, 0.3) is 0 Å². The summed E-state index contributed by atoms with van der Waals surface area (Å²) in [4.78, 5) is 21.9. The van der Waals surface area contributed by atoms with Crippen LogP contribution in [0.15, 0.2) is 48.5 Å². The molecule has 0 heterocycles. The molecule has 0 aliphatic heterocycles. The van der Waals surface area contributed by atoms with Gasteiger partial charge >= 0.3 is 11.7 Å². The van der Waals surface area contributed by atoms with Crippen LogP contribution in [0.2, 0.25) is 0 Å². The number of carbonyl (C=O) groups excluding carboxylic acids is 1. The van der Waals surface area contributed by atoms with Gasteiger partial charge in [-0.05, 0) is 24.3 Å². The van der Waals surface area contributed by atoms with Gasteiger partial charge in [-0.25, -0.2) is 4.79 Å². The number of ether oxygens (including phenoxy) is 3. The Morgan fingerprint density at radius 3 is 2.43 bits per heavy atom. The molecule has 0 atom stereocenters. The molecule has 0 aliphatic carbocycles. The maximum atomic E-state index is 11.4. The van der Waals surface area contributed by atoms with Crippen molar-refractivity contribution in [3.05, 3.63) is 64.2 Å². The van der Waals surface area contributed by atoms with E-state index in [0.717, 1.165) is 6.07 Å². The standard InChI is InChI=1S/C16H15NO6/c1-21-16(18)12-7-8-15(14(11-12)17(19)20)23-10-9-22-13-5-3-2-4-6-13/h2-8,11H,9-10H2,1H3. The number of nitro benzene ring substituents is 1. The van der Waals surface area contributed by atoms with Crippen LogP contribution in [0, 0.1) is 10.1 Å². The second-order valence-electron chi connectivity index (χ2n) is 4.44. The Morgan fingerprint density at radius 2 is 1.78 bits per heavy atom. The number of hydrogen-bond donors (Lipinski definition) is 0. The molecule has 7 heteroatoms. The fraction of sp³-hybridized carbons (Fsp3) is 0.188. The monoisotopic (exact) mass is 317 g/mol. The second-order valence-corrected chi connectivity index (χ2v) is 4.44. The average Bonchev–Trinajstić information content (AvgIpc) is 2.58. The fourth-order valence-electron chi connectivity index (χ4n) is 1.85. The summed E-state index contributed by atoms with van der Waals surface area (Å²) in [7, 11) is 1.21. The third kappa shape index (κ3) is 4.44. The Bertz CT molecular complexity index is 686. The number of nitrogens with zero attached hydrogens (tertiary/aromatic N) is 1. The highest BCUT2D eigenvalue weighted by molar-refractivity contribution is 5.90. The maximum Gasteiger partial charge on any atom is 0.338 e. The lowest BCUT2D eigenvalue weighted by Gasteiger charge is -2.09. The minimum atomic E-state index is -0.646. The number of carbonyl (C=O) groups is 1. The van der Waals surface area contributed by atoms with Crippen molar-refractivity contribution in [2.45, 2.75) is 0 Å². The molecule has 0 radical (unpaired) electrons. The Labute approximate surface area is 132 Å². The number of methoxy groups -OCH3 is 1. The van der Waals surface area contributed by atoms with E-state index in [1.54, 1.807) is 12.1 Å². The largest absolute Gasteiger partial charge is 0.490 e. The molecule has 0 aromatic heterocycles. The Morgan fingerprint density at radius 1 is 1.09 bits per heavy atom. The average molecular weight is 317 g/mol. The zero-order valence-electron chi connectivity index (χ0n) is 12.4. The van der Waals surface area contributed by atoms with Gasteiger partial charge in [0.2, 0.25) is 0 Å². The van der Waals surface area contributed by atoms with Gasteiger partial charge in [-0.3, -0.25) is 10.1 Å². The first-order valence-corrected chi connectivity index (χ1v) is 6.79. The van der Waals surface area contributed by atoms with E-state index >= 15 is 0 Å². The molecule has 0 bridgehead atoms. The molecule has 0 N–H and O–H groups in total. The van der Waals surface area contributed by atoms with Crippen LogP contribution in [-0.2, 0) is 4.74 Å². The summed E-state index contributed by atoms with van der Waals surface area (Å²) in [5, 5.41) is 11.1. The van der Waals surface area contributed by atoms with Crippen molar-refractivity contribution in [2.75, 3.05) is 20.3 Å². The van der Waals surface area contributed by atoms with Crippen molar-refractivity contribution in [3.8, 4) is 11.5 Å². The molecule has 2 aromatic rings. The molecule has 0 spiro atoms. The van der Waals surface area contributed by atoms with Crippen molar-refractivity contribution in [1.82, 2.24) is 0 Å². The van der Waals surface area contributed by atoms with E-state index < -0.39 is 10.9 Å². The first-order valence-electron chi connectivity index (χ1n) is 6.79. The van der Waals surface area contributed by atoms with Crippen molar-refractivity contribution < 1.29 is 23.9 Å². The number of benzene rings is 2. The summed E-state index contributed by atoms with van der Waals surface area (Å²) >= 11 is 0. The topological polar surface area (TPSA) is 87.9 Å². The third-order valence-electron chi connectivity index (χ3n) is 2.93. The van der Waals surface area contributed by atoms with E-state index in [9.17, 15) is 14.9 Å². The predicted molar refractivity (Wildman–Crippen MR) is 81.9 cm³/mol. The van der Waals surface area contributed by atoms with Gasteiger partial charge < -0.3 is 14.2 Å². The zero-order valence-corrected chi connectivity index (χ0v) is 12.4. The number of esters is 1. The molecule has 0 unspecified atom stereocenters.